The van der Waals surface area contributed by atoms with Crippen LogP contribution in [0.15, 0.2) is 30.3 Å². The summed E-state index contributed by atoms with van der Waals surface area (Å²) >= 11 is 0. The van der Waals surface area contributed by atoms with Gasteiger partial charge >= 0.3 is 0 Å². The summed E-state index contributed by atoms with van der Waals surface area (Å²) in [6.45, 7) is 4.25. The van der Waals surface area contributed by atoms with Crippen LogP contribution in [0.25, 0.3) is 0 Å². The SMILES string of the molecule is CCC(N)(CC)CNS(=O)(=O)CCc1ccccc1. The molecule has 0 bridgehead atoms. The van der Waals surface area contributed by atoms with E-state index in [9.17, 15) is 8.42 Å². The fourth-order valence-electron chi connectivity index (χ4n) is 1.72. The highest BCUT2D eigenvalue weighted by molar-refractivity contribution is 7.89. The zero-order valence-electron chi connectivity index (χ0n) is 11.7. The number of aryl methyl sites for hydroxylation is 1. The Labute approximate surface area is 116 Å². The lowest BCUT2D eigenvalue weighted by molar-refractivity contribution is 0.392. The third-order valence-corrected chi connectivity index (χ3v) is 4.88. The largest absolute Gasteiger partial charge is 0.324 e. The predicted octanol–water partition coefficient (Wildman–Crippen LogP) is 1.67. The Hall–Kier alpha value is -0.910. The van der Waals surface area contributed by atoms with Gasteiger partial charge in [-0.15, -0.1) is 0 Å². The number of benzene rings is 1. The zero-order valence-corrected chi connectivity index (χ0v) is 12.5. The van der Waals surface area contributed by atoms with Gasteiger partial charge in [-0.2, -0.15) is 0 Å². The lowest BCUT2D eigenvalue weighted by atomic mass is 9.95. The van der Waals surface area contributed by atoms with Crippen LogP contribution in [0.2, 0.25) is 0 Å². The molecule has 3 N–H and O–H groups in total. The second-order valence-corrected chi connectivity index (χ2v) is 6.87. The molecule has 0 atom stereocenters. The van der Waals surface area contributed by atoms with Crippen molar-refractivity contribution in [3.05, 3.63) is 35.9 Å². The highest BCUT2D eigenvalue weighted by Gasteiger charge is 2.22. The van der Waals surface area contributed by atoms with E-state index in [0.29, 0.717) is 13.0 Å². The summed E-state index contributed by atoms with van der Waals surface area (Å²) in [5.74, 6) is 0.0977. The van der Waals surface area contributed by atoms with Gasteiger partial charge in [0.15, 0.2) is 0 Å². The quantitative estimate of drug-likeness (QED) is 0.762. The molecule has 0 heterocycles. The molecule has 0 aliphatic carbocycles. The van der Waals surface area contributed by atoms with Crippen LogP contribution < -0.4 is 10.5 Å². The van der Waals surface area contributed by atoms with Crippen molar-refractivity contribution in [2.75, 3.05) is 12.3 Å². The fraction of sp³-hybridized carbons (Fsp3) is 0.571. The predicted molar refractivity (Wildman–Crippen MR) is 79.4 cm³/mol. The first-order valence-electron chi connectivity index (χ1n) is 6.71. The summed E-state index contributed by atoms with van der Waals surface area (Å²) in [4.78, 5) is 0. The molecule has 108 valence electrons. The molecule has 0 aromatic heterocycles. The molecule has 0 radical (unpaired) electrons. The van der Waals surface area contributed by atoms with Crippen LogP contribution in [0.3, 0.4) is 0 Å². The number of rotatable bonds is 8. The van der Waals surface area contributed by atoms with Gasteiger partial charge in [0.1, 0.15) is 0 Å². The Bertz CT molecular complexity index is 467. The molecule has 0 unspecified atom stereocenters. The Morgan fingerprint density at radius 3 is 2.26 bits per heavy atom. The van der Waals surface area contributed by atoms with Gasteiger partial charge in [0.2, 0.25) is 10.0 Å². The molecule has 4 nitrogen and oxygen atoms in total. The molecule has 0 aliphatic heterocycles. The highest BCUT2D eigenvalue weighted by Crippen LogP contribution is 2.10. The van der Waals surface area contributed by atoms with Gasteiger partial charge in [-0.25, -0.2) is 13.1 Å². The van der Waals surface area contributed by atoms with E-state index in [1.54, 1.807) is 0 Å². The van der Waals surface area contributed by atoms with Crippen molar-refractivity contribution >= 4 is 10.0 Å². The minimum absolute atomic E-state index is 0.0977. The van der Waals surface area contributed by atoms with E-state index < -0.39 is 15.6 Å². The van der Waals surface area contributed by atoms with Crippen LogP contribution in [0.1, 0.15) is 32.3 Å². The van der Waals surface area contributed by atoms with Crippen molar-refractivity contribution in [3.8, 4) is 0 Å². The number of sulfonamides is 1. The van der Waals surface area contributed by atoms with Gasteiger partial charge in [-0.1, -0.05) is 44.2 Å². The number of hydrogen-bond donors (Lipinski definition) is 2. The first-order chi connectivity index (χ1) is 8.91. The number of nitrogens with one attached hydrogen (secondary N) is 1. The third kappa shape index (κ3) is 5.72. The van der Waals surface area contributed by atoms with E-state index >= 15 is 0 Å². The normalized spacial score (nSPS) is 12.6. The summed E-state index contributed by atoms with van der Waals surface area (Å²) in [6.07, 6.45) is 2.03. The summed E-state index contributed by atoms with van der Waals surface area (Å²) in [7, 11) is -3.26. The first-order valence-corrected chi connectivity index (χ1v) is 8.36. The average molecular weight is 284 g/mol. The fourth-order valence-corrected chi connectivity index (χ4v) is 2.88. The van der Waals surface area contributed by atoms with Crippen molar-refractivity contribution in [3.63, 3.8) is 0 Å². The van der Waals surface area contributed by atoms with E-state index in [1.807, 2.05) is 44.2 Å². The van der Waals surface area contributed by atoms with Crippen LogP contribution in [-0.2, 0) is 16.4 Å². The van der Waals surface area contributed by atoms with Crippen molar-refractivity contribution in [2.24, 2.45) is 5.73 Å². The molecule has 0 saturated carbocycles. The molecule has 1 rings (SSSR count). The van der Waals surface area contributed by atoms with Crippen LogP contribution in [0.5, 0.6) is 0 Å². The second-order valence-electron chi connectivity index (χ2n) is 4.95. The van der Waals surface area contributed by atoms with Crippen molar-refractivity contribution < 1.29 is 8.42 Å². The van der Waals surface area contributed by atoms with Crippen LogP contribution in [0.4, 0.5) is 0 Å². The summed E-state index contributed by atoms with van der Waals surface area (Å²) in [5.41, 5.74) is 6.67. The number of hydrogen-bond acceptors (Lipinski definition) is 3. The minimum Gasteiger partial charge on any atom is -0.324 e. The van der Waals surface area contributed by atoms with E-state index in [2.05, 4.69) is 4.72 Å². The Kier molecular flexibility index (Phi) is 5.97. The van der Waals surface area contributed by atoms with E-state index in [4.69, 9.17) is 5.73 Å². The molecule has 19 heavy (non-hydrogen) atoms. The highest BCUT2D eigenvalue weighted by atomic mass is 32.2. The molecule has 0 aliphatic rings. The lowest BCUT2D eigenvalue weighted by Gasteiger charge is -2.26. The number of nitrogens with two attached hydrogens (primary N) is 1. The molecule has 0 saturated heterocycles. The smallest absolute Gasteiger partial charge is 0.211 e. The third-order valence-electron chi connectivity index (χ3n) is 3.55. The van der Waals surface area contributed by atoms with Gasteiger partial charge in [-0.3, -0.25) is 0 Å². The van der Waals surface area contributed by atoms with Gasteiger partial charge < -0.3 is 5.73 Å². The molecule has 1 aromatic carbocycles. The van der Waals surface area contributed by atoms with Crippen molar-refractivity contribution in [1.82, 2.24) is 4.72 Å². The van der Waals surface area contributed by atoms with Crippen molar-refractivity contribution in [1.29, 1.82) is 0 Å². The summed E-state index contributed by atoms with van der Waals surface area (Å²) in [6, 6.07) is 9.60. The van der Waals surface area contributed by atoms with E-state index in [-0.39, 0.29) is 5.75 Å². The molecule has 0 amide bonds. The first kappa shape index (κ1) is 16.1. The molecular formula is C14H24N2O2S. The van der Waals surface area contributed by atoms with Crippen LogP contribution >= 0.6 is 0 Å². The maximum atomic E-state index is 11.9. The van der Waals surface area contributed by atoms with Gasteiger partial charge in [0.05, 0.1) is 5.75 Å². The lowest BCUT2D eigenvalue weighted by Crippen LogP contribution is -2.49. The minimum atomic E-state index is -3.26. The molecule has 1 aromatic rings. The van der Waals surface area contributed by atoms with Crippen LogP contribution in [0, 0.1) is 0 Å². The monoisotopic (exact) mass is 284 g/mol. The van der Waals surface area contributed by atoms with Crippen LogP contribution in [-0.4, -0.2) is 26.3 Å². The molecular weight excluding hydrogens is 260 g/mol. The van der Waals surface area contributed by atoms with E-state index in [0.717, 1.165) is 18.4 Å². The van der Waals surface area contributed by atoms with Gasteiger partial charge in [-0.05, 0) is 24.8 Å². The van der Waals surface area contributed by atoms with Crippen molar-refractivity contribution in [2.45, 2.75) is 38.6 Å². The maximum Gasteiger partial charge on any atom is 0.211 e. The topological polar surface area (TPSA) is 72.2 Å². The standard InChI is InChI=1S/C14H24N2O2S/c1-3-14(15,4-2)12-16-19(17,18)11-10-13-8-6-5-7-9-13/h5-9,16H,3-4,10-12,15H2,1-2H3. The average Bonchev–Trinajstić information content (AvgIpc) is 2.44. The molecule has 0 spiro atoms. The van der Waals surface area contributed by atoms with Gasteiger partial charge in [0.25, 0.3) is 0 Å². The molecule has 5 heteroatoms. The zero-order chi connectivity index (χ0) is 14.4. The van der Waals surface area contributed by atoms with Gasteiger partial charge in [0, 0.05) is 12.1 Å². The Morgan fingerprint density at radius 2 is 1.74 bits per heavy atom. The Morgan fingerprint density at radius 1 is 1.16 bits per heavy atom. The summed E-state index contributed by atoms with van der Waals surface area (Å²) in [5, 5.41) is 0. The molecule has 0 fully saturated rings. The second kappa shape index (κ2) is 7.03. The maximum absolute atomic E-state index is 11.9. The Balaban J connectivity index is 2.49. The summed E-state index contributed by atoms with van der Waals surface area (Å²) < 4.78 is 26.5. The van der Waals surface area contributed by atoms with E-state index in [1.165, 1.54) is 0 Å².